The highest BCUT2D eigenvalue weighted by Gasteiger charge is 2.17. The molecule has 2 aromatic rings. The predicted octanol–water partition coefficient (Wildman–Crippen LogP) is 2.37. The van der Waals surface area contributed by atoms with Crippen molar-refractivity contribution in [3.8, 4) is 5.75 Å². The molecule has 0 aliphatic carbocycles. The van der Waals surface area contributed by atoms with Crippen molar-refractivity contribution >= 4 is 22.9 Å². The SMILES string of the molecule is NC(=NO)c1ccc(OCCc2ccsc2)c([N+](=O)[O-])c1. The Labute approximate surface area is 124 Å². The molecular formula is C13H13N3O4S. The number of hydrogen-bond donors (Lipinski definition) is 2. The molecule has 0 saturated carbocycles. The largest absolute Gasteiger partial charge is 0.486 e. The Bertz CT molecular complexity index is 655. The van der Waals surface area contributed by atoms with E-state index in [-0.39, 0.29) is 22.8 Å². The number of nitrogens with zero attached hydrogens (tertiary/aromatic N) is 2. The number of ether oxygens (including phenoxy) is 1. The average molecular weight is 307 g/mol. The van der Waals surface area contributed by atoms with E-state index in [9.17, 15) is 10.1 Å². The van der Waals surface area contributed by atoms with Crippen LogP contribution in [0.5, 0.6) is 5.75 Å². The molecule has 1 aromatic heterocycles. The van der Waals surface area contributed by atoms with E-state index in [2.05, 4.69) is 5.16 Å². The van der Waals surface area contributed by atoms with E-state index in [0.717, 1.165) is 5.56 Å². The fourth-order valence-electron chi connectivity index (χ4n) is 1.71. The standard InChI is InChI=1S/C13H13N3O4S/c14-13(15-17)10-1-2-12(11(7-10)16(18)19)20-5-3-9-4-6-21-8-9/h1-2,4,6-8,17H,3,5H2,(H2,14,15). The van der Waals surface area contributed by atoms with Gasteiger partial charge in [0.1, 0.15) is 0 Å². The molecule has 1 aromatic carbocycles. The highest BCUT2D eigenvalue weighted by Crippen LogP contribution is 2.28. The van der Waals surface area contributed by atoms with Crippen LogP contribution in [-0.4, -0.2) is 22.6 Å². The first-order chi connectivity index (χ1) is 10.1. The Morgan fingerprint density at radius 3 is 2.90 bits per heavy atom. The number of nitro groups is 1. The van der Waals surface area contributed by atoms with Crippen molar-refractivity contribution < 1.29 is 14.9 Å². The lowest BCUT2D eigenvalue weighted by Gasteiger charge is -2.07. The van der Waals surface area contributed by atoms with Gasteiger partial charge in [0.2, 0.25) is 0 Å². The maximum absolute atomic E-state index is 11.1. The predicted molar refractivity (Wildman–Crippen MR) is 79.1 cm³/mol. The van der Waals surface area contributed by atoms with E-state index >= 15 is 0 Å². The molecule has 0 amide bonds. The average Bonchev–Trinajstić information content (AvgIpc) is 2.99. The number of amidine groups is 1. The van der Waals surface area contributed by atoms with Crippen molar-refractivity contribution in [2.75, 3.05) is 6.61 Å². The fraction of sp³-hybridized carbons (Fsp3) is 0.154. The summed E-state index contributed by atoms with van der Waals surface area (Å²) in [4.78, 5) is 10.5. The van der Waals surface area contributed by atoms with Gasteiger partial charge in [-0.05, 0) is 34.5 Å². The highest BCUT2D eigenvalue weighted by molar-refractivity contribution is 7.07. The van der Waals surface area contributed by atoms with Crippen LogP contribution >= 0.6 is 11.3 Å². The van der Waals surface area contributed by atoms with Gasteiger partial charge in [-0.15, -0.1) is 0 Å². The number of nitrogens with two attached hydrogens (primary N) is 1. The highest BCUT2D eigenvalue weighted by atomic mass is 32.1. The number of rotatable bonds is 6. The summed E-state index contributed by atoms with van der Waals surface area (Å²) in [6.45, 7) is 0.334. The Hall–Kier alpha value is -2.61. The normalized spacial score (nSPS) is 11.3. The Morgan fingerprint density at radius 1 is 1.48 bits per heavy atom. The molecule has 0 atom stereocenters. The van der Waals surface area contributed by atoms with Crippen molar-refractivity contribution in [3.05, 3.63) is 56.3 Å². The van der Waals surface area contributed by atoms with Crippen LogP contribution < -0.4 is 10.5 Å². The molecule has 0 bridgehead atoms. The molecule has 0 fully saturated rings. The lowest BCUT2D eigenvalue weighted by molar-refractivity contribution is -0.385. The summed E-state index contributed by atoms with van der Waals surface area (Å²) in [7, 11) is 0. The van der Waals surface area contributed by atoms with E-state index < -0.39 is 4.92 Å². The summed E-state index contributed by atoms with van der Waals surface area (Å²) >= 11 is 1.59. The van der Waals surface area contributed by atoms with Crippen LogP contribution in [-0.2, 0) is 6.42 Å². The van der Waals surface area contributed by atoms with Gasteiger partial charge in [0.25, 0.3) is 0 Å². The molecule has 2 rings (SSSR count). The van der Waals surface area contributed by atoms with Crippen LogP contribution in [0.25, 0.3) is 0 Å². The lowest BCUT2D eigenvalue weighted by atomic mass is 10.1. The zero-order valence-electron chi connectivity index (χ0n) is 10.9. The van der Waals surface area contributed by atoms with Crippen LogP contribution in [0.15, 0.2) is 40.2 Å². The van der Waals surface area contributed by atoms with Crippen LogP contribution in [0.3, 0.4) is 0 Å². The number of benzene rings is 1. The number of hydrogen-bond acceptors (Lipinski definition) is 6. The molecule has 8 heteroatoms. The summed E-state index contributed by atoms with van der Waals surface area (Å²) in [6, 6.07) is 6.14. The summed E-state index contributed by atoms with van der Waals surface area (Å²) in [5, 5.41) is 26.4. The summed E-state index contributed by atoms with van der Waals surface area (Å²) in [6.07, 6.45) is 0.669. The minimum atomic E-state index is -0.561. The summed E-state index contributed by atoms with van der Waals surface area (Å²) in [5.41, 5.74) is 6.58. The molecule has 0 spiro atoms. The van der Waals surface area contributed by atoms with Gasteiger partial charge < -0.3 is 15.7 Å². The van der Waals surface area contributed by atoms with Crippen LogP contribution in [0.4, 0.5) is 5.69 Å². The molecule has 3 N–H and O–H groups in total. The van der Waals surface area contributed by atoms with E-state index in [4.69, 9.17) is 15.7 Å². The van der Waals surface area contributed by atoms with Gasteiger partial charge in [-0.1, -0.05) is 5.16 Å². The number of nitro benzene ring substituents is 1. The molecule has 0 saturated heterocycles. The van der Waals surface area contributed by atoms with Crippen LogP contribution in [0, 0.1) is 10.1 Å². The summed E-state index contributed by atoms with van der Waals surface area (Å²) < 4.78 is 5.46. The van der Waals surface area contributed by atoms with Gasteiger partial charge in [-0.3, -0.25) is 10.1 Å². The minimum absolute atomic E-state index is 0.157. The second-order valence-electron chi connectivity index (χ2n) is 4.15. The molecule has 0 unspecified atom stereocenters. The van der Waals surface area contributed by atoms with E-state index in [1.165, 1.54) is 18.2 Å². The first-order valence-electron chi connectivity index (χ1n) is 6.02. The fourth-order valence-corrected chi connectivity index (χ4v) is 2.42. The van der Waals surface area contributed by atoms with Gasteiger partial charge in [-0.25, -0.2) is 0 Å². The number of oxime groups is 1. The quantitative estimate of drug-likeness (QED) is 0.280. The third kappa shape index (κ3) is 3.69. The van der Waals surface area contributed by atoms with Crippen molar-refractivity contribution in [1.29, 1.82) is 0 Å². The van der Waals surface area contributed by atoms with Crippen molar-refractivity contribution in [2.45, 2.75) is 6.42 Å². The Morgan fingerprint density at radius 2 is 2.29 bits per heavy atom. The summed E-state index contributed by atoms with van der Waals surface area (Å²) in [5.74, 6) is -0.0346. The molecule has 110 valence electrons. The minimum Gasteiger partial charge on any atom is -0.486 e. The van der Waals surface area contributed by atoms with Crippen molar-refractivity contribution in [3.63, 3.8) is 0 Å². The Balaban J connectivity index is 2.13. The molecule has 1 heterocycles. The van der Waals surface area contributed by atoms with Crippen molar-refractivity contribution in [2.24, 2.45) is 10.9 Å². The maximum Gasteiger partial charge on any atom is 0.311 e. The van der Waals surface area contributed by atoms with E-state index in [1.807, 2.05) is 16.8 Å². The molecule has 0 aliphatic rings. The van der Waals surface area contributed by atoms with Gasteiger partial charge in [-0.2, -0.15) is 11.3 Å². The molecule has 0 radical (unpaired) electrons. The van der Waals surface area contributed by atoms with E-state index in [0.29, 0.717) is 13.0 Å². The Kier molecular flexibility index (Phi) is 4.72. The monoisotopic (exact) mass is 307 g/mol. The molecule has 0 aliphatic heterocycles. The molecule has 7 nitrogen and oxygen atoms in total. The topological polar surface area (TPSA) is 111 Å². The molecule has 21 heavy (non-hydrogen) atoms. The third-order valence-electron chi connectivity index (χ3n) is 2.79. The van der Waals surface area contributed by atoms with Gasteiger partial charge in [0.15, 0.2) is 11.6 Å². The smallest absolute Gasteiger partial charge is 0.311 e. The molecular weight excluding hydrogens is 294 g/mol. The second kappa shape index (κ2) is 6.71. The van der Waals surface area contributed by atoms with Crippen LogP contribution in [0.2, 0.25) is 0 Å². The van der Waals surface area contributed by atoms with Gasteiger partial charge in [0.05, 0.1) is 11.5 Å². The maximum atomic E-state index is 11.1. The third-order valence-corrected chi connectivity index (χ3v) is 3.52. The van der Waals surface area contributed by atoms with E-state index in [1.54, 1.807) is 11.3 Å². The zero-order valence-corrected chi connectivity index (χ0v) is 11.7. The van der Waals surface area contributed by atoms with Crippen LogP contribution in [0.1, 0.15) is 11.1 Å². The van der Waals surface area contributed by atoms with Gasteiger partial charge in [0, 0.05) is 18.1 Å². The number of thiophene rings is 1. The van der Waals surface area contributed by atoms with Crippen molar-refractivity contribution in [1.82, 2.24) is 0 Å². The first-order valence-corrected chi connectivity index (χ1v) is 6.96. The van der Waals surface area contributed by atoms with Gasteiger partial charge >= 0.3 is 5.69 Å². The first kappa shape index (κ1) is 14.8. The second-order valence-corrected chi connectivity index (χ2v) is 4.93. The lowest BCUT2D eigenvalue weighted by Crippen LogP contribution is -2.13. The zero-order chi connectivity index (χ0) is 15.2.